The van der Waals surface area contributed by atoms with Crippen molar-refractivity contribution in [3.05, 3.63) is 71.6 Å². The summed E-state index contributed by atoms with van der Waals surface area (Å²) in [6.45, 7) is 12.2. The number of hydrogen-bond acceptors (Lipinski definition) is 8. The van der Waals surface area contributed by atoms with E-state index in [0.717, 1.165) is 22.7 Å². The van der Waals surface area contributed by atoms with Gasteiger partial charge in [-0.25, -0.2) is 24.0 Å². The van der Waals surface area contributed by atoms with Gasteiger partial charge >= 0.3 is 0 Å². The quantitative estimate of drug-likeness (QED) is 0.177. The Kier molecular flexibility index (Phi) is 7.73. The van der Waals surface area contributed by atoms with Gasteiger partial charge in [0.25, 0.3) is 0 Å². The molecule has 0 unspecified atom stereocenters. The lowest BCUT2D eigenvalue weighted by molar-refractivity contribution is 0.0463. The van der Waals surface area contributed by atoms with E-state index in [9.17, 15) is 14.8 Å². The van der Waals surface area contributed by atoms with Gasteiger partial charge in [0.05, 0.1) is 11.8 Å². The number of aliphatic hydroxyl groups is 1. The predicted octanol–water partition coefficient (Wildman–Crippen LogP) is 5.37. The van der Waals surface area contributed by atoms with Gasteiger partial charge in [-0.3, -0.25) is 0 Å². The average Bonchev–Trinajstić information content (AvgIpc) is 3.54. The highest BCUT2D eigenvalue weighted by atomic mass is 32.1. The topological polar surface area (TPSA) is 106 Å². The molecule has 0 aliphatic carbocycles. The van der Waals surface area contributed by atoms with Crippen LogP contribution < -0.4 is 4.90 Å². The van der Waals surface area contributed by atoms with Crippen molar-refractivity contribution in [2.75, 3.05) is 24.5 Å². The summed E-state index contributed by atoms with van der Waals surface area (Å²) in [5.41, 5.74) is 4.06. The van der Waals surface area contributed by atoms with Crippen LogP contribution in [0.5, 0.6) is 0 Å². The summed E-state index contributed by atoms with van der Waals surface area (Å²) in [5.74, 6) is 1.24. The average molecular weight is 557 g/mol. The predicted molar refractivity (Wildman–Crippen MR) is 157 cm³/mol. The zero-order chi connectivity index (χ0) is 28.4. The highest BCUT2D eigenvalue weighted by Crippen LogP contribution is 2.38. The van der Waals surface area contributed by atoms with Crippen molar-refractivity contribution >= 4 is 44.7 Å². The number of nitrogens with zero attached hydrogens (tertiary/aromatic N) is 8. The molecule has 1 N–H and O–H groups in total. The SMILES string of the molecule is C=C/C(=C\N=C(C)N1CC(O)C1)c1ccc2nn(CC)c(N(CC)c3nc(-c4ccc(F)cc4)c(C#N)s3)c2n1. The maximum Gasteiger partial charge on any atom is 0.192 e. The third-order valence-corrected chi connectivity index (χ3v) is 7.71. The lowest BCUT2D eigenvalue weighted by Crippen LogP contribution is -2.52. The number of likely N-dealkylation sites (tertiary alicyclic amines) is 1. The van der Waals surface area contributed by atoms with Crippen molar-refractivity contribution in [2.45, 2.75) is 33.4 Å². The number of halogens is 1. The van der Waals surface area contributed by atoms with Crippen molar-refractivity contribution < 1.29 is 9.50 Å². The van der Waals surface area contributed by atoms with Crippen molar-refractivity contribution in [1.82, 2.24) is 24.6 Å². The molecule has 0 amide bonds. The Hall–Kier alpha value is -4.40. The summed E-state index contributed by atoms with van der Waals surface area (Å²) in [6, 6.07) is 12.0. The Labute approximate surface area is 235 Å². The number of thiazole rings is 1. The number of benzene rings is 1. The second kappa shape index (κ2) is 11.4. The molecule has 4 aromatic rings. The van der Waals surface area contributed by atoms with E-state index in [0.29, 0.717) is 58.7 Å². The maximum atomic E-state index is 13.5. The highest BCUT2D eigenvalue weighted by Gasteiger charge is 2.26. The first kappa shape index (κ1) is 27.2. The molecular formula is C29H29FN8OS. The lowest BCUT2D eigenvalue weighted by Gasteiger charge is -2.37. The number of nitriles is 1. The van der Waals surface area contributed by atoms with E-state index in [1.54, 1.807) is 24.4 Å². The Morgan fingerprint density at radius 3 is 2.62 bits per heavy atom. The van der Waals surface area contributed by atoms with Crippen molar-refractivity contribution in [2.24, 2.45) is 4.99 Å². The van der Waals surface area contributed by atoms with Crippen LogP contribution in [0, 0.1) is 17.1 Å². The minimum Gasteiger partial charge on any atom is -0.389 e. The summed E-state index contributed by atoms with van der Waals surface area (Å²) in [5, 5.41) is 24.8. The van der Waals surface area contributed by atoms with E-state index in [1.165, 1.54) is 23.5 Å². The lowest BCUT2D eigenvalue weighted by atomic mass is 10.1. The minimum absolute atomic E-state index is 0.305. The Morgan fingerprint density at radius 2 is 2.00 bits per heavy atom. The second-order valence-corrected chi connectivity index (χ2v) is 10.2. The number of allylic oxidation sites excluding steroid dienone is 2. The highest BCUT2D eigenvalue weighted by molar-refractivity contribution is 7.16. The van der Waals surface area contributed by atoms with Gasteiger partial charge in [-0.15, -0.1) is 0 Å². The molecule has 0 spiro atoms. The fraction of sp³-hybridized carbons (Fsp3) is 0.276. The number of anilines is 2. The zero-order valence-corrected chi connectivity index (χ0v) is 23.4. The number of rotatable bonds is 8. The molecule has 204 valence electrons. The first-order valence-corrected chi connectivity index (χ1v) is 13.8. The number of aromatic nitrogens is 4. The number of aliphatic hydroxyl groups excluding tert-OH is 1. The van der Waals surface area contributed by atoms with Gasteiger partial charge in [0, 0.05) is 43.5 Å². The molecule has 9 nitrogen and oxygen atoms in total. The van der Waals surface area contributed by atoms with Crippen LogP contribution >= 0.6 is 11.3 Å². The van der Waals surface area contributed by atoms with Gasteiger partial charge in [0.15, 0.2) is 10.9 Å². The summed E-state index contributed by atoms with van der Waals surface area (Å²) in [4.78, 5) is 18.8. The number of amidine groups is 1. The van der Waals surface area contributed by atoms with E-state index in [1.807, 2.05) is 47.4 Å². The maximum absolute atomic E-state index is 13.5. The first-order valence-electron chi connectivity index (χ1n) is 13.0. The molecule has 1 aromatic carbocycles. The molecule has 1 fully saturated rings. The number of pyridine rings is 1. The van der Waals surface area contributed by atoms with Crippen LogP contribution in [0.2, 0.25) is 0 Å². The van der Waals surface area contributed by atoms with Gasteiger partial charge < -0.3 is 14.9 Å². The van der Waals surface area contributed by atoms with Gasteiger partial charge in [0.1, 0.15) is 39.3 Å². The molecule has 0 bridgehead atoms. The van der Waals surface area contributed by atoms with Crippen LogP contribution in [-0.4, -0.2) is 61.3 Å². The van der Waals surface area contributed by atoms with Crippen LogP contribution in [0.15, 0.2) is 60.2 Å². The van der Waals surface area contributed by atoms with E-state index >= 15 is 0 Å². The first-order chi connectivity index (χ1) is 19.4. The second-order valence-electron chi connectivity index (χ2n) is 9.26. The molecule has 5 rings (SSSR count). The number of β-amino-alcohol motifs (C(OH)–C–C–N with tert-alkyl or cyclic N) is 1. The van der Waals surface area contributed by atoms with Gasteiger partial charge in [-0.05, 0) is 57.2 Å². The van der Waals surface area contributed by atoms with E-state index in [-0.39, 0.29) is 11.9 Å². The van der Waals surface area contributed by atoms with Gasteiger partial charge in [-0.1, -0.05) is 24.0 Å². The summed E-state index contributed by atoms with van der Waals surface area (Å²) < 4.78 is 15.4. The Balaban J connectivity index is 1.57. The van der Waals surface area contributed by atoms with E-state index in [4.69, 9.17) is 15.1 Å². The summed E-state index contributed by atoms with van der Waals surface area (Å²) in [7, 11) is 0. The number of aryl methyl sites for hydroxylation is 1. The van der Waals surface area contributed by atoms with Crippen LogP contribution in [0.4, 0.5) is 15.3 Å². The van der Waals surface area contributed by atoms with Crippen LogP contribution in [0.25, 0.3) is 27.9 Å². The third-order valence-electron chi connectivity index (χ3n) is 6.72. The van der Waals surface area contributed by atoms with Crippen LogP contribution in [0.3, 0.4) is 0 Å². The zero-order valence-electron chi connectivity index (χ0n) is 22.5. The van der Waals surface area contributed by atoms with Crippen LogP contribution in [0.1, 0.15) is 31.3 Å². The molecule has 3 aromatic heterocycles. The molecule has 1 aliphatic heterocycles. The van der Waals surface area contributed by atoms with Crippen molar-refractivity contribution in [1.29, 1.82) is 5.26 Å². The smallest absolute Gasteiger partial charge is 0.192 e. The molecular weight excluding hydrogens is 527 g/mol. The molecule has 0 atom stereocenters. The molecule has 40 heavy (non-hydrogen) atoms. The summed E-state index contributed by atoms with van der Waals surface area (Å²) >= 11 is 1.28. The minimum atomic E-state index is -0.346. The van der Waals surface area contributed by atoms with Gasteiger partial charge in [-0.2, -0.15) is 10.4 Å². The van der Waals surface area contributed by atoms with Crippen molar-refractivity contribution in [3.63, 3.8) is 0 Å². The van der Waals surface area contributed by atoms with Crippen LogP contribution in [-0.2, 0) is 6.54 Å². The Morgan fingerprint density at radius 1 is 1.25 bits per heavy atom. The van der Waals surface area contributed by atoms with E-state index in [2.05, 4.69) is 17.6 Å². The van der Waals surface area contributed by atoms with E-state index < -0.39 is 0 Å². The number of hydrogen-bond donors (Lipinski definition) is 1. The Bertz CT molecular complexity index is 1660. The number of fused-ring (bicyclic) bond motifs is 1. The monoisotopic (exact) mass is 556 g/mol. The molecule has 0 saturated carbocycles. The molecule has 1 aliphatic rings. The normalized spacial score (nSPS) is 14.3. The molecule has 11 heteroatoms. The standard InChI is InChI=1S/C29H29FN8OS/c1-5-19(15-32-18(4)36-16-22(39)17-36)23-12-13-24-27(33-23)28(38(7-3)35-24)37(6-2)29-34-26(25(14-31)40-29)20-8-10-21(30)11-9-20/h5,8-13,15,22,39H,1,6-7,16-17H2,2-4H3/b19-15+,32-18?. The fourth-order valence-corrected chi connectivity index (χ4v) is 5.46. The molecule has 1 saturated heterocycles. The third kappa shape index (κ3) is 5.11. The molecule has 4 heterocycles. The number of aliphatic imine (C=N–C) groups is 1. The largest absolute Gasteiger partial charge is 0.389 e. The molecule has 0 radical (unpaired) electrons. The van der Waals surface area contributed by atoms with Crippen molar-refractivity contribution in [3.8, 4) is 17.3 Å². The summed E-state index contributed by atoms with van der Waals surface area (Å²) in [6.07, 6.45) is 3.14. The van der Waals surface area contributed by atoms with Gasteiger partial charge in [0.2, 0.25) is 0 Å². The fourth-order valence-electron chi connectivity index (χ4n) is 4.51.